The number of anilines is 1. The van der Waals surface area contributed by atoms with Crippen LogP contribution in [0.2, 0.25) is 0 Å². The molecule has 39 heavy (non-hydrogen) atoms. The Balaban J connectivity index is 1.52. The number of benzene rings is 1. The van der Waals surface area contributed by atoms with Crippen LogP contribution in [0.5, 0.6) is 11.5 Å². The van der Waals surface area contributed by atoms with E-state index in [2.05, 4.69) is 20.2 Å². The van der Waals surface area contributed by atoms with E-state index in [-0.39, 0.29) is 36.9 Å². The molecule has 2 aromatic heterocycles. The van der Waals surface area contributed by atoms with Crippen molar-refractivity contribution in [2.75, 3.05) is 45.9 Å². The van der Waals surface area contributed by atoms with E-state index in [1.807, 2.05) is 0 Å². The Bertz CT molecular complexity index is 1370. The Labute approximate surface area is 226 Å². The van der Waals surface area contributed by atoms with E-state index in [1.54, 1.807) is 27.7 Å². The molecule has 0 aliphatic carbocycles. The van der Waals surface area contributed by atoms with E-state index >= 15 is 0 Å². The lowest BCUT2D eigenvalue weighted by Gasteiger charge is -2.36. The Kier molecular flexibility index (Phi) is 7.96. The van der Waals surface area contributed by atoms with E-state index in [1.165, 1.54) is 21.3 Å². The lowest BCUT2D eigenvalue weighted by molar-refractivity contribution is 0.0897. The number of aromatic nitrogens is 5. The van der Waals surface area contributed by atoms with Crippen LogP contribution in [-0.2, 0) is 25.1 Å². The minimum absolute atomic E-state index is 0.124. The van der Waals surface area contributed by atoms with Gasteiger partial charge in [0, 0.05) is 26.8 Å². The van der Waals surface area contributed by atoms with Crippen LogP contribution in [-0.4, -0.2) is 85.5 Å². The fraction of sp³-hybridized carbons (Fsp3) is 0.520. The van der Waals surface area contributed by atoms with Crippen LogP contribution in [0.1, 0.15) is 37.0 Å². The monoisotopic (exact) mass is 562 g/mol. The molecule has 2 aliphatic rings. The van der Waals surface area contributed by atoms with E-state index in [4.69, 9.17) is 18.9 Å². The molecule has 14 heteroatoms. The fourth-order valence-electron chi connectivity index (χ4n) is 5.08. The van der Waals surface area contributed by atoms with Crippen molar-refractivity contribution in [2.24, 2.45) is 0 Å². The quantitative estimate of drug-likeness (QED) is 0.381. The summed E-state index contributed by atoms with van der Waals surface area (Å²) in [7, 11) is 0.787. The lowest BCUT2D eigenvalue weighted by Crippen LogP contribution is -2.50. The highest BCUT2D eigenvalue weighted by Gasteiger charge is 2.39. The number of halogens is 1. The van der Waals surface area contributed by atoms with Gasteiger partial charge in [0.1, 0.15) is 29.0 Å². The molecule has 0 amide bonds. The number of hydrogen-bond acceptors (Lipinski definition) is 11. The molecule has 0 bridgehead atoms. The summed E-state index contributed by atoms with van der Waals surface area (Å²) in [4.78, 5) is 9.76. The van der Waals surface area contributed by atoms with Gasteiger partial charge in [-0.3, -0.25) is 4.57 Å². The number of sulfone groups is 1. The minimum Gasteiger partial charge on any atom is -0.494 e. The Morgan fingerprint density at radius 3 is 2.41 bits per heavy atom. The van der Waals surface area contributed by atoms with Gasteiger partial charge in [0.25, 0.3) is 0 Å². The molecule has 0 saturated carbocycles. The van der Waals surface area contributed by atoms with Gasteiger partial charge in [-0.15, -0.1) is 10.2 Å². The summed E-state index contributed by atoms with van der Waals surface area (Å²) in [5.41, 5.74) is 0.503. The third-order valence-corrected chi connectivity index (χ3v) is 9.05. The lowest BCUT2D eigenvalue weighted by atomic mass is 10.1. The highest BCUT2D eigenvalue weighted by Crippen LogP contribution is 2.38. The second-order valence-electron chi connectivity index (χ2n) is 9.45. The van der Waals surface area contributed by atoms with Gasteiger partial charge in [0.05, 0.1) is 38.0 Å². The van der Waals surface area contributed by atoms with Crippen molar-refractivity contribution < 1.29 is 31.8 Å². The molecule has 2 saturated heterocycles. The Morgan fingerprint density at radius 1 is 1.08 bits per heavy atom. The van der Waals surface area contributed by atoms with Crippen LogP contribution in [0.25, 0.3) is 5.69 Å². The fourth-order valence-corrected chi connectivity index (χ4v) is 6.78. The molecule has 2 aliphatic heterocycles. The number of hydrogen-bond donors (Lipinski definition) is 0. The second kappa shape index (κ2) is 11.4. The summed E-state index contributed by atoms with van der Waals surface area (Å²) >= 11 is 0. The maximum absolute atomic E-state index is 13.9. The second-order valence-corrected chi connectivity index (χ2v) is 11.7. The predicted octanol–water partition coefficient (Wildman–Crippen LogP) is 2.27. The first-order chi connectivity index (χ1) is 18.8. The van der Waals surface area contributed by atoms with Crippen LogP contribution in [0, 0.1) is 5.82 Å². The average Bonchev–Trinajstić information content (AvgIpc) is 3.62. The molecule has 1 aromatic carbocycles. The number of ether oxygens (including phenoxy) is 4. The topological polar surface area (TPSA) is 131 Å². The van der Waals surface area contributed by atoms with Crippen LogP contribution < -0.4 is 14.4 Å². The van der Waals surface area contributed by atoms with Crippen molar-refractivity contribution in [2.45, 2.75) is 42.5 Å². The van der Waals surface area contributed by atoms with Crippen LogP contribution in [0.15, 0.2) is 30.6 Å². The Morgan fingerprint density at radius 2 is 1.79 bits per heavy atom. The zero-order valence-electron chi connectivity index (χ0n) is 22.0. The molecular weight excluding hydrogens is 531 g/mol. The summed E-state index contributed by atoms with van der Waals surface area (Å²) in [5, 5.41) is 7.89. The third-order valence-electron chi connectivity index (χ3n) is 7.03. The number of rotatable bonds is 9. The zero-order valence-corrected chi connectivity index (χ0v) is 22.8. The van der Waals surface area contributed by atoms with Gasteiger partial charge in [-0.05, 0) is 31.4 Å². The first kappa shape index (κ1) is 27.2. The molecule has 4 heterocycles. The summed E-state index contributed by atoms with van der Waals surface area (Å²) in [5.74, 6) is 0.922. The summed E-state index contributed by atoms with van der Waals surface area (Å²) in [6, 6.07) is 5.31. The van der Waals surface area contributed by atoms with Crippen molar-refractivity contribution in [1.82, 2.24) is 24.7 Å². The van der Waals surface area contributed by atoms with Gasteiger partial charge in [0.15, 0.2) is 27.3 Å². The van der Waals surface area contributed by atoms with E-state index in [0.29, 0.717) is 36.2 Å². The van der Waals surface area contributed by atoms with E-state index < -0.39 is 26.7 Å². The molecule has 5 rings (SSSR count). The molecule has 210 valence electrons. The number of piperidine rings is 1. The van der Waals surface area contributed by atoms with Crippen molar-refractivity contribution in [1.29, 1.82) is 0 Å². The van der Waals surface area contributed by atoms with Crippen molar-refractivity contribution in [3.05, 3.63) is 48.1 Å². The average molecular weight is 563 g/mol. The molecule has 12 nitrogen and oxygen atoms in total. The first-order valence-corrected chi connectivity index (χ1v) is 14.3. The summed E-state index contributed by atoms with van der Waals surface area (Å²) in [6.07, 6.45) is 3.24. The maximum atomic E-state index is 13.9. The van der Waals surface area contributed by atoms with Crippen LogP contribution in [0.3, 0.4) is 0 Å². The summed E-state index contributed by atoms with van der Waals surface area (Å²) < 4.78 is 65.6. The molecule has 0 spiro atoms. The SMILES string of the molecule is COc1cccc(OC)c1-n1c(CS(=O)(=O)[C@H]2C[C@H](OC)CN(c3ncc(F)cn3)C2)nnc1[C@@H]1CCCO1. The molecular formula is C25H31FN6O6S. The number of methoxy groups -OCH3 is 3. The molecule has 2 fully saturated rings. The van der Waals surface area contributed by atoms with Gasteiger partial charge in [-0.1, -0.05) is 6.07 Å². The van der Waals surface area contributed by atoms with Gasteiger partial charge in [-0.2, -0.15) is 0 Å². The van der Waals surface area contributed by atoms with Crippen molar-refractivity contribution in [3.63, 3.8) is 0 Å². The molecule has 0 N–H and O–H groups in total. The smallest absolute Gasteiger partial charge is 0.225 e. The normalized spacial score (nSPS) is 21.7. The van der Waals surface area contributed by atoms with Gasteiger partial charge < -0.3 is 23.8 Å². The third kappa shape index (κ3) is 5.54. The number of nitrogens with zero attached hydrogens (tertiary/aromatic N) is 6. The highest BCUT2D eigenvalue weighted by atomic mass is 32.2. The maximum Gasteiger partial charge on any atom is 0.225 e. The Hall–Kier alpha value is -3.36. The van der Waals surface area contributed by atoms with Crippen molar-refractivity contribution >= 4 is 15.8 Å². The van der Waals surface area contributed by atoms with Gasteiger partial charge in [0.2, 0.25) is 5.95 Å². The van der Waals surface area contributed by atoms with Crippen LogP contribution in [0.4, 0.5) is 10.3 Å². The van der Waals surface area contributed by atoms with E-state index in [9.17, 15) is 12.8 Å². The predicted molar refractivity (Wildman–Crippen MR) is 138 cm³/mol. The van der Waals surface area contributed by atoms with E-state index in [0.717, 1.165) is 25.2 Å². The highest BCUT2D eigenvalue weighted by molar-refractivity contribution is 7.91. The summed E-state index contributed by atoms with van der Waals surface area (Å²) in [6.45, 7) is 1.08. The largest absolute Gasteiger partial charge is 0.494 e. The van der Waals surface area contributed by atoms with Gasteiger partial charge >= 0.3 is 0 Å². The van der Waals surface area contributed by atoms with Gasteiger partial charge in [-0.25, -0.2) is 22.8 Å². The molecule has 3 aromatic rings. The molecule has 0 radical (unpaired) electrons. The molecule has 3 atom stereocenters. The number of para-hydroxylation sites is 1. The first-order valence-electron chi connectivity index (χ1n) is 12.6. The van der Waals surface area contributed by atoms with Crippen LogP contribution >= 0.6 is 0 Å². The standard InChI is InChI=1S/C25H31FN6O6S/c1-35-17-10-18(14-31(13-17)25-27-11-16(26)12-28-25)39(33,34)15-22-29-30-24(21-8-5-9-38-21)32(22)23-19(36-2)6-4-7-20(23)37-3/h4,6-7,11-12,17-18,21H,5,8-10,13-15H2,1-3H3/t17-,18-,21-/m0/s1. The molecule has 0 unspecified atom stereocenters. The zero-order chi connectivity index (χ0) is 27.6. The minimum atomic E-state index is -3.81. The van der Waals surface area contributed by atoms with Crippen molar-refractivity contribution in [3.8, 4) is 17.2 Å².